The lowest BCUT2D eigenvalue weighted by Crippen LogP contribution is -2.37. The van der Waals surface area contributed by atoms with Gasteiger partial charge in [-0.05, 0) is 25.7 Å². The van der Waals surface area contributed by atoms with Gasteiger partial charge in [-0.1, -0.05) is 13.3 Å². The number of hydrogen-bond donors (Lipinski definition) is 0. The van der Waals surface area contributed by atoms with Crippen LogP contribution in [-0.2, 0) is 15.9 Å². The number of halogens is 7. The van der Waals surface area contributed by atoms with Crippen LogP contribution in [0.2, 0.25) is 0 Å². The first-order valence-corrected chi connectivity index (χ1v) is 9.59. The molecule has 1 fully saturated rings. The van der Waals surface area contributed by atoms with Crippen molar-refractivity contribution in [3.8, 4) is 5.75 Å². The number of hydrogen-bond acceptors (Lipinski definition) is 3. The van der Waals surface area contributed by atoms with Crippen LogP contribution in [0.5, 0.6) is 5.75 Å². The van der Waals surface area contributed by atoms with Gasteiger partial charge in [0.05, 0.1) is 18.8 Å². The van der Waals surface area contributed by atoms with Crippen LogP contribution in [0, 0.1) is 11.6 Å². The normalized spacial score (nSPS) is 19.6. The molecule has 0 amide bonds. The van der Waals surface area contributed by atoms with Crippen LogP contribution >= 0.6 is 0 Å². The molecule has 1 aromatic carbocycles. The fourth-order valence-electron chi connectivity index (χ4n) is 3.09. The van der Waals surface area contributed by atoms with Crippen LogP contribution in [0.1, 0.15) is 44.6 Å². The summed E-state index contributed by atoms with van der Waals surface area (Å²) >= 11 is 0. The second kappa shape index (κ2) is 11.0. The summed E-state index contributed by atoms with van der Waals surface area (Å²) in [5.74, 6) is -5.23. The van der Waals surface area contributed by atoms with Crippen LogP contribution in [0.3, 0.4) is 0 Å². The average molecular weight is 444 g/mol. The van der Waals surface area contributed by atoms with Crippen molar-refractivity contribution in [2.45, 2.75) is 63.8 Å². The van der Waals surface area contributed by atoms with Gasteiger partial charge in [-0.15, -0.1) is 0 Å². The minimum Gasteiger partial charge on any atom is -0.431 e. The molecule has 1 aliphatic heterocycles. The summed E-state index contributed by atoms with van der Waals surface area (Å²) in [4.78, 5) is 0. The number of alkyl halides is 2. The Bertz CT molecular complexity index is 704. The Morgan fingerprint density at radius 1 is 1.13 bits per heavy atom. The number of rotatable bonds is 10. The molecule has 0 N–H and O–H groups in total. The van der Waals surface area contributed by atoms with E-state index in [1.807, 2.05) is 6.92 Å². The zero-order chi connectivity index (χ0) is 22.3. The highest BCUT2D eigenvalue weighted by Crippen LogP contribution is 2.29. The van der Waals surface area contributed by atoms with Gasteiger partial charge in [-0.3, -0.25) is 0 Å². The maximum Gasteiger partial charge on any atom is 0.421 e. The molecule has 0 bridgehead atoms. The summed E-state index contributed by atoms with van der Waals surface area (Å²) in [7, 11) is 0. The summed E-state index contributed by atoms with van der Waals surface area (Å²) in [5.41, 5.74) is -0.709. The Morgan fingerprint density at radius 3 is 2.33 bits per heavy atom. The molecule has 1 heterocycles. The van der Waals surface area contributed by atoms with Crippen LogP contribution < -0.4 is 4.74 Å². The SMILES string of the molecule is CCCC1CCC(OCC(F)(F)Oc2cc(F)c(CCC(F)=C(F)F)c(F)c2)CO1. The third kappa shape index (κ3) is 7.46. The molecule has 0 aromatic heterocycles. The zero-order valence-electron chi connectivity index (χ0n) is 16.3. The van der Waals surface area contributed by atoms with Gasteiger partial charge < -0.3 is 14.2 Å². The van der Waals surface area contributed by atoms with Crippen molar-refractivity contribution in [3.63, 3.8) is 0 Å². The van der Waals surface area contributed by atoms with Gasteiger partial charge in [-0.25, -0.2) is 13.2 Å². The lowest BCUT2D eigenvalue weighted by Gasteiger charge is -2.30. The summed E-state index contributed by atoms with van der Waals surface area (Å²) in [6.07, 6.45) is -5.48. The van der Waals surface area contributed by atoms with Crippen molar-refractivity contribution in [2.75, 3.05) is 13.2 Å². The van der Waals surface area contributed by atoms with Crippen molar-refractivity contribution in [3.05, 3.63) is 41.2 Å². The lowest BCUT2D eigenvalue weighted by molar-refractivity contribution is -0.229. The smallest absolute Gasteiger partial charge is 0.421 e. The van der Waals surface area contributed by atoms with E-state index in [1.54, 1.807) is 0 Å². The van der Waals surface area contributed by atoms with E-state index < -0.39 is 66.5 Å². The quantitative estimate of drug-likeness (QED) is 0.396. The van der Waals surface area contributed by atoms with Crippen molar-refractivity contribution in [2.24, 2.45) is 0 Å². The molecule has 2 atom stereocenters. The predicted molar refractivity (Wildman–Crippen MR) is 94.2 cm³/mol. The molecule has 30 heavy (non-hydrogen) atoms. The largest absolute Gasteiger partial charge is 0.431 e. The second-order valence-electron chi connectivity index (χ2n) is 7.02. The fourth-order valence-corrected chi connectivity index (χ4v) is 3.09. The molecule has 170 valence electrons. The molecule has 2 rings (SSSR count). The first kappa shape index (κ1) is 24.5. The van der Waals surface area contributed by atoms with Gasteiger partial charge in [0, 0.05) is 24.1 Å². The van der Waals surface area contributed by atoms with E-state index in [4.69, 9.17) is 9.47 Å². The Labute approximate surface area is 169 Å². The Kier molecular flexibility index (Phi) is 8.96. The molecule has 1 saturated heterocycles. The Balaban J connectivity index is 1.90. The lowest BCUT2D eigenvalue weighted by atomic mass is 10.0. The molecular weight excluding hydrogens is 421 g/mol. The maximum absolute atomic E-state index is 14.0. The minimum absolute atomic E-state index is 0.0847. The van der Waals surface area contributed by atoms with E-state index in [0.717, 1.165) is 12.8 Å². The Morgan fingerprint density at radius 2 is 1.80 bits per heavy atom. The predicted octanol–water partition coefficient (Wildman–Crippen LogP) is 6.31. The first-order chi connectivity index (χ1) is 14.1. The standard InChI is InChI=1S/C20H23F7O3/c1-2-3-12-4-5-13(10-28-12)29-11-20(26,27)30-14-8-17(22)15(18(23)9-14)6-7-16(21)19(24)25/h8-9,12-13H,2-7,10-11H2,1H3. The van der Waals surface area contributed by atoms with E-state index in [9.17, 15) is 30.7 Å². The zero-order valence-corrected chi connectivity index (χ0v) is 16.3. The number of benzene rings is 1. The molecule has 1 aliphatic rings. The van der Waals surface area contributed by atoms with Crippen molar-refractivity contribution < 1.29 is 44.9 Å². The van der Waals surface area contributed by atoms with E-state index >= 15 is 0 Å². The van der Waals surface area contributed by atoms with Gasteiger partial charge in [-0.2, -0.15) is 17.6 Å². The van der Waals surface area contributed by atoms with Gasteiger partial charge in [0.2, 0.25) is 0 Å². The average Bonchev–Trinajstić information content (AvgIpc) is 2.66. The topological polar surface area (TPSA) is 27.7 Å². The highest BCUT2D eigenvalue weighted by atomic mass is 19.3. The summed E-state index contributed by atoms with van der Waals surface area (Å²) in [6.45, 7) is 1.04. The molecule has 0 saturated carbocycles. The van der Waals surface area contributed by atoms with Crippen molar-refractivity contribution in [1.82, 2.24) is 0 Å². The summed E-state index contributed by atoms with van der Waals surface area (Å²) in [5, 5.41) is 0. The monoisotopic (exact) mass is 444 g/mol. The molecule has 3 nitrogen and oxygen atoms in total. The highest BCUT2D eigenvalue weighted by molar-refractivity contribution is 5.31. The third-order valence-electron chi connectivity index (χ3n) is 4.61. The molecule has 0 radical (unpaired) electrons. The van der Waals surface area contributed by atoms with Crippen molar-refractivity contribution in [1.29, 1.82) is 0 Å². The van der Waals surface area contributed by atoms with Crippen molar-refractivity contribution >= 4 is 0 Å². The van der Waals surface area contributed by atoms with E-state index in [1.165, 1.54) is 0 Å². The van der Waals surface area contributed by atoms with Crippen LogP contribution in [-0.4, -0.2) is 31.5 Å². The van der Waals surface area contributed by atoms with Crippen LogP contribution in [0.15, 0.2) is 24.0 Å². The van der Waals surface area contributed by atoms with Crippen LogP contribution in [0.25, 0.3) is 0 Å². The minimum atomic E-state index is -3.87. The third-order valence-corrected chi connectivity index (χ3v) is 4.61. The number of ether oxygens (including phenoxy) is 3. The maximum atomic E-state index is 14.0. The van der Waals surface area contributed by atoms with Gasteiger partial charge in [0.1, 0.15) is 17.4 Å². The van der Waals surface area contributed by atoms with E-state index in [2.05, 4.69) is 4.74 Å². The molecule has 2 unspecified atom stereocenters. The van der Waals surface area contributed by atoms with E-state index in [0.29, 0.717) is 25.0 Å². The summed E-state index contributed by atoms with van der Waals surface area (Å²) < 4.78 is 108. The number of allylic oxidation sites excluding steroid dienone is 1. The molecule has 0 aliphatic carbocycles. The first-order valence-electron chi connectivity index (χ1n) is 9.59. The fraction of sp³-hybridized carbons (Fsp3) is 0.600. The van der Waals surface area contributed by atoms with E-state index in [-0.39, 0.29) is 12.7 Å². The highest BCUT2D eigenvalue weighted by Gasteiger charge is 2.35. The molecule has 1 aromatic rings. The molecular formula is C20H23F7O3. The molecule has 10 heteroatoms. The van der Waals surface area contributed by atoms with Gasteiger partial charge >= 0.3 is 12.2 Å². The van der Waals surface area contributed by atoms with Crippen LogP contribution in [0.4, 0.5) is 30.7 Å². The van der Waals surface area contributed by atoms with Gasteiger partial charge in [0.15, 0.2) is 12.4 Å². The summed E-state index contributed by atoms with van der Waals surface area (Å²) in [6, 6.07) is 0.970. The van der Waals surface area contributed by atoms with Gasteiger partial charge in [0.25, 0.3) is 0 Å². The Hall–Kier alpha value is -1.81. The molecule has 0 spiro atoms. The second-order valence-corrected chi connectivity index (χ2v) is 7.02.